The number of carbonyl (C=O) groups excluding carboxylic acids is 1. The predicted octanol–water partition coefficient (Wildman–Crippen LogP) is 2.16. The zero-order valence-electron chi connectivity index (χ0n) is 20.4. The van der Waals surface area contributed by atoms with E-state index in [0.717, 1.165) is 61.8 Å². The maximum atomic E-state index is 8.58. The lowest BCUT2D eigenvalue weighted by Crippen LogP contribution is -2.44. The van der Waals surface area contributed by atoms with Crippen molar-refractivity contribution in [1.29, 1.82) is 0 Å². The van der Waals surface area contributed by atoms with Gasteiger partial charge in [-0.1, -0.05) is 0 Å². The van der Waals surface area contributed by atoms with Crippen LogP contribution in [0.5, 0.6) is 0 Å². The fraction of sp³-hybridized carbons (Fsp3) is 0.500. The summed E-state index contributed by atoms with van der Waals surface area (Å²) in [4.78, 5) is 27.6. The molecule has 0 unspecified atom stereocenters. The molecule has 0 radical (unpaired) electrons. The number of rotatable bonds is 4. The summed E-state index contributed by atoms with van der Waals surface area (Å²) >= 11 is 0. The number of nitrogens with zero attached hydrogens (tertiary/aromatic N) is 7. The van der Waals surface area contributed by atoms with Gasteiger partial charge in [0.15, 0.2) is 5.65 Å². The first-order valence-electron chi connectivity index (χ1n) is 11.9. The van der Waals surface area contributed by atoms with Gasteiger partial charge in [-0.25, -0.2) is 14.6 Å². The van der Waals surface area contributed by atoms with Crippen LogP contribution in [0, 0.1) is 13.8 Å². The Hall–Kier alpha value is -3.40. The molecule has 0 spiro atoms. The molecular formula is C24H35N9O. The monoisotopic (exact) mass is 465 g/mol. The SMILES string of the molecule is Cc1cn(N2CCCCC2)c2nc(Nc3ccc(N4CCN(C)CC4)cn3)nc(C)c12.NC=O. The summed E-state index contributed by atoms with van der Waals surface area (Å²) < 4.78 is 2.23. The number of anilines is 3. The van der Waals surface area contributed by atoms with Gasteiger partial charge in [0.2, 0.25) is 12.4 Å². The van der Waals surface area contributed by atoms with Crippen molar-refractivity contribution in [3.63, 3.8) is 0 Å². The number of hydrogen-bond donors (Lipinski definition) is 2. The van der Waals surface area contributed by atoms with Gasteiger partial charge in [0.1, 0.15) is 5.82 Å². The van der Waals surface area contributed by atoms with Crippen molar-refractivity contribution in [3.05, 3.63) is 35.8 Å². The van der Waals surface area contributed by atoms with Crippen LogP contribution in [0.2, 0.25) is 0 Å². The molecule has 1 amide bonds. The van der Waals surface area contributed by atoms with E-state index in [1.807, 2.05) is 12.3 Å². The third kappa shape index (κ3) is 5.22. The van der Waals surface area contributed by atoms with Crippen molar-refractivity contribution in [1.82, 2.24) is 24.5 Å². The number of fused-ring (bicyclic) bond motifs is 1. The first-order chi connectivity index (χ1) is 16.5. The summed E-state index contributed by atoms with van der Waals surface area (Å²) in [5, 5.41) is 6.87. The third-order valence-electron chi connectivity index (χ3n) is 6.49. The highest BCUT2D eigenvalue weighted by Crippen LogP contribution is 2.26. The van der Waals surface area contributed by atoms with Crippen LogP contribution in [0.15, 0.2) is 24.5 Å². The molecular weight excluding hydrogens is 430 g/mol. The molecule has 0 saturated carbocycles. The largest absolute Gasteiger partial charge is 0.372 e. The second-order valence-corrected chi connectivity index (χ2v) is 8.96. The number of piperidine rings is 1. The molecule has 0 aliphatic carbocycles. The lowest BCUT2D eigenvalue weighted by molar-refractivity contribution is -0.106. The van der Waals surface area contributed by atoms with E-state index in [2.05, 4.69) is 68.7 Å². The van der Waals surface area contributed by atoms with E-state index in [1.54, 1.807) is 0 Å². The topological polar surface area (TPSA) is 108 Å². The second-order valence-electron chi connectivity index (χ2n) is 8.96. The Bertz CT molecular complexity index is 1100. The molecule has 10 nitrogen and oxygen atoms in total. The molecule has 2 aliphatic rings. The minimum Gasteiger partial charge on any atom is -0.372 e. The maximum absolute atomic E-state index is 8.58. The molecule has 5 rings (SSSR count). The third-order valence-corrected chi connectivity index (χ3v) is 6.49. The van der Waals surface area contributed by atoms with Crippen LogP contribution in [0.1, 0.15) is 30.5 Å². The minimum absolute atomic E-state index is 0.250. The Morgan fingerprint density at radius 1 is 1.00 bits per heavy atom. The molecule has 0 bridgehead atoms. The van der Waals surface area contributed by atoms with Crippen LogP contribution in [0.25, 0.3) is 11.0 Å². The fourth-order valence-corrected chi connectivity index (χ4v) is 4.68. The van der Waals surface area contributed by atoms with Gasteiger partial charge < -0.3 is 25.9 Å². The molecule has 2 fully saturated rings. The highest BCUT2D eigenvalue weighted by Gasteiger charge is 2.19. The van der Waals surface area contributed by atoms with Crippen LogP contribution in [0.4, 0.5) is 17.5 Å². The van der Waals surface area contributed by atoms with Gasteiger partial charge in [0.25, 0.3) is 0 Å². The number of aryl methyl sites for hydroxylation is 2. The Morgan fingerprint density at radius 3 is 2.35 bits per heavy atom. The van der Waals surface area contributed by atoms with Crippen LogP contribution in [-0.4, -0.2) is 77.3 Å². The molecule has 2 aliphatic heterocycles. The summed E-state index contributed by atoms with van der Waals surface area (Å²) in [5.41, 5.74) is 8.53. The Morgan fingerprint density at radius 2 is 1.71 bits per heavy atom. The number of nitrogens with two attached hydrogens (primary N) is 1. The number of nitrogens with one attached hydrogen (secondary N) is 1. The summed E-state index contributed by atoms with van der Waals surface area (Å²) in [6, 6.07) is 4.15. The number of aromatic nitrogens is 4. The van der Waals surface area contributed by atoms with Crippen molar-refractivity contribution in [3.8, 4) is 0 Å². The first kappa shape index (κ1) is 23.7. The van der Waals surface area contributed by atoms with Crippen molar-refractivity contribution < 1.29 is 4.79 Å². The number of primary amides is 1. The quantitative estimate of drug-likeness (QED) is 0.565. The highest BCUT2D eigenvalue weighted by molar-refractivity contribution is 5.84. The van der Waals surface area contributed by atoms with E-state index in [9.17, 15) is 0 Å². The number of pyridine rings is 1. The second kappa shape index (κ2) is 10.7. The van der Waals surface area contributed by atoms with E-state index < -0.39 is 0 Å². The van der Waals surface area contributed by atoms with Crippen LogP contribution in [0.3, 0.4) is 0 Å². The van der Waals surface area contributed by atoms with Crippen molar-refractivity contribution in [2.45, 2.75) is 33.1 Å². The minimum atomic E-state index is 0.250. The molecule has 10 heteroatoms. The van der Waals surface area contributed by atoms with Gasteiger partial charge in [0, 0.05) is 50.9 Å². The maximum Gasteiger partial charge on any atom is 0.230 e. The zero-order valence-corrected chi connectivity index (χ0v) is 20.4. The summed E-state index contributed by atoms with van der Waals surface area (Å²) in [5.74, 6) is 1.37. The Labute approximate surface area is 200 Å². The molecule has 0 aromatic carbocycles. The number of carbonyl (C=O) groups is 1. The fourth-order valence-electron chi connectivity index (χ4n) is 4.68. The summed E-state index contributed by atoms with van der Waals surface area (Å²) in [6.45, 7) is 10.6. The van der Waals surface area contributed by atoms with Crippen molar-refractivity contribution >= 4 is 34.9 Å². The van der Waals surface area contributed by atoms with Gasteiger partial charge in [-0.3, -0.25) is 4.79 Å². The smallest absolute Gasteiger partial charge is 0.230 e. The molecule has 2 saturated heterocycles. The standard InChI is InChI=1S/C23H32N8.CH3NO/c1-17-16-31(30-9-5-4-6-10-30)22-21(17)18(2)25-23(27-22)26-20-8-7-19(15-24-20)29-13-11-28(3)12-14-29;2-1-3/h7-8,15-16H,4-6,9-14H2,1-3H3,(H,24,25,26,27);1H,(H2,2,3). The average Bonchev–Trinajstić information content (AvgIpc) is 3.18. The van der Waals surface area contributed by atoms with Gasteiger partial charge in [-0.05, 0) is 57.9 Å². The molecule has 0 atom stereocenters. The lowest BCUT2D eigenvalue weighted by Gasteiger charge is -2.33. The first-order valence-corrected chi connectivity index (χ1v) is 11.9. The number of hydrogen-bond acceptors (Lipinski definition) is 8. The summed E-state index contributed by atoms with van der Waals surface area (Å²) in [7, 11) is 2.17. The molecule has 34 heavy (non-hydrogen) atoms. The van der Waals surface area contributed by atoms with Gasteiger partial charge >= 0.3 is 0 Å². The Kier molecular flexibility index (Phi) is 7.46. The van der Waals surface area contributed by atoms with E-state index >= 15 is 0 Å². The van der Waals surface area contributed by atoms with Crippen LogP contribution >= 0.6 is 0 Å². The molecule has 3 N–H and O–H groups in total. The van der Waals surface area contributed by atoms with Gasteiger partial charge in [0.05, 0.1) is 17.6 Å². The highest BCUT2D eigenvalue weighted by atomic mass is 16.1. The molecule has 182 valence electrons. The van der Waals surface area contributed by atoms with E-state index in [4.69, 9.17) is 14.8 Å². The number of piperazine rings is 1. The molecule has 3 aromatic rings. The average molecular weight is 466 g/mol. The predicted molar refractivity (Wildman–Crippen MR) is 136 cm³/mol. The number of likely N-dealkylation sites (N-methyl/N-ethyl adjacent to an activating group) is 1. The number of amides is 1. The Balaban J connectivity index is 0.000000868. The van der Waals surface area contributed by atoms with Crippen molar-refractivity contribution in [2.24, 2.45) is 5.73 Å². The van der Waals surface area contributed by atoms with Crippen LogP contribution < -0.4 is 21.0 Å². The molecule has 3 aromatic heterocycles. The van der Waals surface area contributed by atoms with E-state index in [1.165, 1.54) is 30.5 Å². The lowest BCUT2D eigenvalue weighted by atomic mass is 10.2. The van der Waals surface area contributed by atoms with Gasteiger partial charge in [-0.2, -0.15) is 4.98 Å². The zero-order chi connectivity index (χ0) is 24.1. The van der Waals surface area contributed by atoms with Crippen molar-refractivity contribution in [2.75, 3.05) is 61.5 Å². The summed E-state index contributed by atoms with van der Waals surface area (Å²) in [6.07, 6.45) is 8.17. The van der Waals surface area contributed by atoms with Crippen LogP contribution in [-0.2, 0) is 4.79 Å². The molecule has 5 heterocycles. The normalized spacial score (nSPS) is 16.8. The van der Waals surface area contributed by atoms with E-state index in [-0.39, 0.29) is 6.41 Å². The van der Waals surface area contributed by atoms with E-state index in [0.29, 0.717) is 5.95 Å². The van der Waals surface area contributed by atoms with Gasteiger partial charge in [-0.15, -0.1) is 0 Å².